The van der Waals surface area contributed by atoms with E-state index in [1.165, 1.54) is 7.11 Å². The molecule has 1 atom stereocenters. The molecule has 0 radical (unpaired) electrons. The molecule has 0 saturated carbocycles. The number of amides is 3. The van der Waals surface area contributed by atoms with Crippen molar-refractivity contribution in [2.75, 3.05) is 33.9 Å². The number of benzene rings is 2. The molecule has 1 heterocycles. The summed E-state index contributed by atoms with van der Waals surface area (Å²) in [6.45, 7) is 1.64. The third kappa shape index (κ3) is 6.97. The largest absolute Gasteiger partial charge is 0.497 e. The third-order valence-corrected chi connectivity index (χ3v) is 6.01. The predicted octanol–water partition coefficient (Wildman–Crippen LogP) is 2.77. The van der Waals surface area contributed by atoms with Gasteiger partial charge in [0.15, 0.2) is 0 Å². The van der Waals surface area contributed by atoms with Crippen LogP contribution in [0.3, 0.4) is 0 Å². The summed E-state index contributed by atoms with van der Waals surface area (Å²) in [5.41, 5.74) is 1.45. The first-order chi connectivity index (χ1) is 16.5. The van der Waals surface area contributed by atoms with Crippen molar-refractivity contribution < 1.29 is 23.9 Å². The van der Waals surface area contributed by atoms with Gasteiger partial charge in [-0.2, -0.15) is 0 Å². The van der Waals surface area contributed by atoms with Crippen LogP contribution in [-0.2, 0) is 16.1 Å². The molecule has 8 heteroatoms. The number of hydrogen-bond acceptors (Lipinski definition) is 5. The van der Waals surface area contributed by atoms with Crippen LogP contribution >= 0.6 is 0 Å². The van der Waals surface area contributed by atoms with Crippen molar-refractivity contribution >= 4 is 17.7 Å². The van der Waals surface area contributed by atoms with Gasteiger partial charge in [0.25, 0.3) is 5.91 Å². The Kier molecular flexibility index (Phi) is 9.31. The smallest absolute Gasteiger partial charge is 0.257 e. The fraction of sp³-hybridized carbons (Fsp3) is 0.423. The van der Waals surface area contributed by atoms with Crippen molar-refractivity contribution in [3.63, 3.8) is 0 Å². The molecule has 0 aliphatic carbocycles. The first-order valence-corrected chi connectivity index (χ1v) is 11.6. The van der Waals surface area contributed by atoms with Gasteiger partial charge in [-0.1, -0.05) is 30.3 Å². The zero-order valence-corrected chi connectivity index (χ0v) is 19.8. The third-order valence-electron chi connectivity index (χ3n) is 6.01. The lowest BCUT2D eigenvalue weighted by Gasteiger charge is -2.24. The standard InChI is InChI=1S/C26H33N3O5/c1-33-21-10-11-22(23(17-21)34-2)26(32)29-15-6-9-20(12-14-27-24(30)13-16-29)25(31)28-18-19-7-4-3-5-8-19/h3-5,7-8,10-11,17,20H,6,9,12-16,18H2,1-2H3,(H,27,30)(H,28,31). The minimum absolute atomic E-state index is 0.0351. The number of nitrogens with one attached hydrogen (secondary N) is 2. The van der Waals surface area contributed by atoms with E-state index in [-0.39, 0.29) is 30.1 Å². The molecule has 3 amide bonds. The number of nitrogens with zero attached hydrogens (tertiary/aromatic N) is 1. The summed E-state index contributed by atoms with van der Waals surface area (Å²) < 4.78 is 10.6. The van der Waals surface area contributed by atoms with Crippen LogP contribution in [0, 0.1) is 5.92 Å². The van der Waals surface area contributed by atoms with Crippen LogP contribution in [0.5, 0.6) is 11.5 Å². The Morgan fingerprint density at radius 1 is 1.06 bits per heavy atom. The molecule has 8 nitrogen and oxygen atoms in total. The quantitative estimate of drug-likeness (QED) is 0.681. The summed E-state index contributed by atoms with van der Waals surface area (Å²) in [6.07, 6.45) is 2.05. The van der Waals surface area contributed by atoms with Gasteiger partial charge in [-0.3, -0.25) is 14.4 Å². The van der Waals surface area contributed by atoms with Gasteiger partial charge in [0.05, 0.1) is 19.8 Å². The molecule has 0 bridgehead atoms. The molecule has 2 aromatic rings. The molecule has 2 N–H and O–H groups in total. The minimum atomic E-state index is -0.241. The van der Waals surface area contributed by atoms with Crippen molar-refractivity contribution in [3.8, 4) is 11.5 Å². The van der Waals surface area contributed by atoms with Gasteiger partial charge < -0.3 is 25.0 Å². The van der Waals surface area contributed by atoms with Gasteiger partial charge in [0, 0.05) is 44.6 Å². The molecule has 2 aromatic carbocycles. The summed E-state index contributed by atoms with van der Waals surface area (Å²) >= 11 is 0. The first-order valence-electron chi connectivity index (χ1n) is 11.6. The number of hydrogen-bond donors (Lipinski definition) is 2. The molecular formula is C26H33N3O5. The van der Waals surface area contributed by atoms with E-state index in [1.807, 2.05) is 30.3 Å². The Balaban J connectivity index is 1.67. The molecule has 0 aromatic heterocycles. The van der Waals surface area contributed by atoms with E-state index in [2.05, 4.69) is 10.6 Å². The number of rotatable bonds is 6. The van der Waals surface area contributed by atoms with Crippen LogP contribution in [-0.4, -0.2) is 56.5 Å². The first kappa shape index (κ1) is 25.1. The highest BCUT2D eigenvalue weighted by atomic mass is 16.5. The van der Waals surface area contributed by atoms with Crippen LogP contribution in [0.25, 0.3) is 0 Å². The lowest BCUT2D eigenvalue weighted by atomic mass is 9.97. The molecule has 1 fully saturated rings. The van der Waals surface area contributed by atoms with Gasteiger partial charge in [-0.05, 0) is 37.0 Å². The normalized spacial score (nSPS) is 17.2. The van der Waals surface area contributed by atoms with Gasteiger partial charge in [0.1, 0.15) is 11.5 Å². The Labute approximate surface area is 200 Å². The van der Waals surface area contributed by atoms with E-state index < -0.39 is 0 Å². The molecule has 34 heavy (non-hydrogen) atoms. The highest BCUT2D eigenvalue weighted by Gasteiger charge is 2.24. The summed E-state index contributed by atoms with van der Waals surface area (Å²) in [7, 11) is 3.06. The zero-order valence-electron chi connectivity index (χ0n) is 19.8. The van der Waals surface area contributed by atoms with Gasteiger partial charge >= 0.3 is 0 Å². The van der Waals surface area contributed by atoms with E-state index in [1.54, 1.807) is 30.2 Å². The Hall–Kier alpha value is -3.55. The molecule has 1 aliphatic heterocycles. The molecule has 1 aliphatic rings. The Morgan fingerprint density at radius 3 is 2.59 bits per heavy atom. The maximum atomic E-state index is 13.3. The van der Waals surface area contributed by atoms with Gasteiger partial charge in [0.2, 0.25) is 11.8 Å². The Bertz CT molecular complexity index is 980. The summed E-state index contributed by atoms with van der Waals surface area (Å²) in [4.78, 5) is 40.1. The molecule has 0 spiro atoms. The van der Waals surface area contributed by atoms with E-state index in [4.69, 9.17) is 9.47 Å². The van der Waals surface area contributed by atoms with E-state index in [0.29, 0.717) is 62.5 Å². The zero-order chi connectivity index (χ0) is 24.3. The summed E-state index contributed by atoms with van der Waals surface area (Å²) in [6, 6.07) is 14.8. The van der Waals surface area contributed by atoms with E-state index in [9.17, 15) is 14.4 Å². The number of ether oxygens (including phenoxy) is 2. The minimum Gasteiger partial charge on any atom is -0.497 e. The second-order valence-electron chi connectivity index (χ2n) is 8.29. The fourth-order valence-corrected chi connectivity index (χ4v) is 4.04. The lowest BCUT2D eigenvalue weighted by Crippen LogP contribution is -2.36. The summed E-state index contributed by atoms with van der Waals surface area (Å²) in [5.74, 6) is 0.388. The molecule has 1 saturated heterocycles. The maximum Gasteiger partial charge on any atom is 0.257 e. The van der Waals surface area contributed by atoms with Gasteiger partial charge in [-0.25, -0.2) is 0 Å². The summed E-state index contributed by atoms with van der Waals surface area (Å²) in [5, 5.41) is 5.88. The second kappa shape index (κ2) is 12.6. The predicted molar refractivity (Wildman–Crippen MR) is 129 cm³/mol. The average molecular weight is 468 g/mol. The monoisotopic (exact) mass is 467 g/mol. The number of carbonyl (C=O) groups is 3. The number of carbonyl (C=O) groups excluding carboxylic acids is 3. The second-order valence-corrected chi connectivity index (χ2v) is 8.29. The molecule has 1 unspecified atom stereocenters. The van der Waals surface area contributed by atoms with Crippen LogP contribution in [0.4, 0.5) is 0 Å². The molecule has 182 valence electrons. The van der Waals surface area contributed by atoms with Crippen molar-refractivity contribution in [1.29, 1.82) is 0 Å². The fourth-order valence-electron chi connectivity index (χ4n) is 4.04. The van der Waals surface area contributed by atoms with Crippen molar-refractivity contribution in [2.45, 2.75) is 32.2 Å². The lowest BCUT2D eigenvalue weighted by molar-refractivity contribution is -0.126. The highest BCUT2D eigenvalue weighted by Crippen LogP contribution is 2.26. The average Bonchev–Trinajstić information content (AvgIpc) is 2.91. The van der Waals surface area contributed by atoms with Gasteiger partial charge in [-0.15, -0.1) is 0 Å². The van der Waals surface area contributed by atoms with Crippen LogP contribution < -0.4 is 20.1 Å². The molecule has 3 rings (SSSR count). The topological polar surface area (TPSA) is 97.0 Å². The highest BCUT2D eigenvalue weighted by molar-refractivity contribution is 5.97. The van der Waals surface area contributed by atoms with Crippen LogP contribution in [0.2, 0.25) is 0 Å². The molecular weight excluding hydrogens is 434 g/mol. The van der Waals surface area contributed by atoms with E-state index in [0.717, 1.165) is 5.56 Å². The van der Waals surface area contributed by atoms with E-state index >= 15 is 0 Å². The van der Waals surface area contributed by atoms with Crippen LogP contribution in [0.15, 0.2) is 48.5 Å². The number of methoxy groups -OCH3 is 2. The van der Waals surface area contributed by atoms with Crippen molar-refractivity contribution in [2.24, 2.45) is 5.92 Å². The Morgan fingerprint density at radius 2 is 1.85 bits per heavy atom. The van der Waals surface area contributed by atoms with Crippen LogP contribution in [0.1, 0.15) is 41.6 Å². The maximum absolute atomic E-state index is 13.3. The van der Waals surface area contributed by atoms with Crippen molar-refractivity contribution in [1.82, 2.24) is 15.5 Å². The SMILES string of the molecule is COc1ccc(C(=O)N2CCCC(C(=O)NCc3ccccc3)CCNC(=O)CC2)c(OC)c1. The van der Waals surface area contributed by atoms with Crippen molar-refractivity contribution in [3.05, 3.63) is 59.7 Å².